The topological polar surface area (TPSA) is 54.0 Å². The average molecular weight is 303 g/mol. The van der Waals surface area contributed by atoms with Gasteiger partial charge in [0.15, 0.2) is 0 Å². The van der Waals surface area contributed by atoms with E-state index in [1.54, 1.807) is 11.3 Å². The van der Waals surface area contributed by atoms with E-state index in [2.05, 4.69) is 29.5 Å². The molecule has 21 heavy (non-hydrogen) atoms. The lowest BCUT2D eigenvalue weighted by atomic mass is 10.1. The Labute approximate surface area is 129 Å². The monoisotopic (exact) mass is 303 g/mol. The maximum absolute atomic E-state index is 11.9. The molecule has 1 atom stereocenters. The molecule has 0 radical (unpaired) electrons. The van der Waals surface area contributed by atoms with Gasteiger partial charge in [0.05, 0.1) is 0 Å². The Morgan fingerprint density at radius 3 is 2.67 bits per heavy atom. The van der Waals surface area contributed by atoms with Crippen LogP contribution >= 0.6 is 11.3 Å². The molecule has 2 amide bonds. The molecule has 0 fully saturated rings. The number of nitrogens with one attached hydrogen (secondary N) is 2. The molecule has 2 rings (SSSR count). The van der Waals surface area contributed by atoms with E-state index in [0.717, 1.165) is 22.0 Å². The van der Waals surface area contributed by atoms with Crippen LogP contribution in [0.3, 0.4) is 0 Å². The van der Waals surface area contributed by atoms with Crippen molar-refractivity contribution in [2.45, 2.75) is 33.7 Å². The molecule has 112 valence electrons. The first-order valence-electron chi connectivity index (χ1n) is 7.06. The van der Waals surface area contributed by atoms with Gasteiger partial charge in [0, 0.05) is 28.4 Å². The summed E-state index contributed by atoms with van der Waals surface area (Å²) < 4.78 is 0. The minimum Gasteiger partial charge on any atom is -0.335 e. The molecule has 1 unspecified atom stereocenters. The Balaban J connectivity index is 2.06. The van der Waals surface area contributed by atoms with Crippen LogP contribution in [-0.4, -0.2) is 17.1 Å². The lowest BCUT2D eigenvalue weighted by molar-refractivity contribution is 0.246. The average Bonchev–Trinajstić information content (AvgIpc) is 2.85. The molecule has 1 heterocycles. The van der Waals surface area contributed by atoms with Gasteiger partial charge in [-0.3, -0.25) is 0 Å². The fourth-order valence-electron chi connectivity index (χ4n) is 1.76. The Morgan fingerprint density at radius 2 is 2.05 bits per heavy atom. The van der Waals surface area contributed by atoms with Crippen molar-refractivity contribution >= 4 is 23.1 Å². The van der Waals surface area contributed by atoms with Crippen molar-refractivity contribution in [3.05, 3.63) is 35.3 Å². The van der Waals surface area contributed by atoms with Gasteiger partial charge >= 0.3 is 6.03 Å². The fourth-order valence-corrected chi connectivity index (χ4v) is 2.55. The minimum atomic E-state index is -0.177. The summed E-state index contributed by atoms with van der Waals surface area (Å²) in [6.45, 7) is 8.13. The number of benzene rings is 1. The number of rotatable bonds is 4. The quantitative estimate of drug-likeness (QED) is 0.885. The number of aryl methyl sites for hydroxylation is 1. The second-order valence-electron chi connectivity index (χ2n) is 5.51. The van der Waals surface area contributed by atoms with Gasteiger partial charge in [-0.15, -0.1) is 11.3 Å². The maximum atomic E-state index is 11.9. The van der Waals surface area contributed by atoms with Gasteiger partial charge in [-0.05, 0) is 31.9 Å². The standard InChI is InChI=1S/C16H21N3OS/c1-10(2)12(4)18-16(20)19-14-7-5-6-13(8-14)15-17-11(3)9-21-15/h5-10,12H,1-4H3,(H2,18,19,20). The molecule has 0 spiro atoms. The third kappa shape index (κ3) is 4.29. The van der Waals surface area contributed by atoms with Crippen molar-refractivity contribution in [3.63, 3.8) is 0 Å². The van der Waals surface area contributed by atoms with Gasteiger partial charge in [0.25, 0.3) is 0 Å². The summed E-state index contributed by atoms with van der Waals surface area (Å²) in [4.78, 5) is 16.4. The zero-order valence-corrected chi connectivity index (χ0v) is 13.6. The van der Waals surface area contributed by atoms with Crippen LogP contribution in [0.25, 0.3) is 10.6 Å². The Bertz CT molecular complexity index is 621. The lowest BCUT2D eigenvalue weighted by Gasteiger charge is -2.18. The molecule has 0 aliphatic carbocycles. The zero-order chi connectivity index (χ0) is 15.4. The molecule has 0 saturated carbocycles. The summed E-state index contributed by atoms with van der Waals surface area (Å²) in [6, 6.07) is 7.70. The molecular formula is C16H21N3OS. The number of hydrogen-bond acceptors (Lipinski definition) is 3. The van der Waals surface area contributed by atoms with Gasteiger partial charge in [0.1, 0.15) is 5.01 Å². The molecule has 5 heteroatoms. The van der Waals surface area contributed by atoms with Crippen LogP contribution in [0.5, 0.6) is 0 Å². The van der Waals surface area contributed by atoms with Crippen molar-refractivity contribution in [1.82, 2.24) is 10.3 Å². The van der Waals surface area contributed by atoms with Crippen molar-refractivity contribution in [3.8, 4) is 10.6 Å². The second kappa shape index (κ2) is 6.72. The zero-order valence-electron chi connectivity index (χ0n) is 12.8. The van der Waals surface area contributed by atoms with Crippen LogP contribution in [0.1, 0.15) is 26.5 Å². The van der Waals surface area contributed by atoms with E-state index in [0.29, 0.717) is 5.92 Å². The number of thiazole rings is 1. The van der Waals surface area contributed by atoms with E-state index in [4.69, 9.17) is 0 Å². The number of carbonyl (C=O) groups excluding carboxylic acids is 1. The van der Waals surface area contributed by atoms with Gasteiger partial charge in [-0.2, -0.15) is 0 Å². The molecule has 1 aromatic heterocycles. The number of nitrogens with zero attached hydrogens (tertiary/aromatic N) is 1. The summed E-state index contributed by atoms with van der Waals surface area (Å²) in [6.07, 6.45) is 0. The van der Waals surface area contributed by atoms with Crippen LogP contribution < -0.4 is 10.6 Å². The highest BCUT2D eigenvalue weighted by Gasteiger charge is 2.11. The first kappa shape index (κ1) is 15.5. The summed E-state index contributed by atoms with van der Waals surface area (Å²) in [5.74, 6) is 0.403. The highest BCUT2D eigenvalue weighted by Crippen LogP contribution is 2.25. The van der Waals surface area contributed by atoms with Crippen LogP contribution in [-0.2, 0) is 0 Å². The number of amides is 2. The molecule has 0 saturated heterocycles. The molecule has 0 aliphatic heterocycles. The van der Waals surface area contributed by atoms with E-state index in [1.807, 2.05) is 43.5 Å². The van der Waals surface area contributed by atoms with Crippen LogP contribution in [0.4, 0.5) is 10.5 Å². The first-order valence-corrected chi connectivity index (χ1v) is 7.93. The predicted molar refractivity (Wildman–Crippen MR) is 88.7 cm³/mol. The third-order valence-electron chi connectivity index (χ3n) is 3.35. The van der Waals surface area contributed by atoms with Crippen molar-refractivity contribution in [1.29, 1.82) is 0 Å². The van der Waals surface area contributed by atoms with E-state index in [-0.39, 0.29) is 12.1 Å². The summed E-state index contributed by atoms with van der Waals surface area (Å²) in [5.41, 5.74) is 2.80. The smallest absolute Gasteiger partial charge is 0.319 e. The second-order valence-corrected chi connectivity index (χ2v) is 6.36. The highest BCUT2D eigenvalue weighted by atomic mass is 32.1. The lowest BCUT2D eigenvalue weighted by Crippen LogP contribution is -2.38. The SMILES string of the molecule is Cc1csc(-c2cccc(NC(=O)NC(C)C(C)C)c2)n1. The van der Waals surface area contributed by atoms with Gasteiger partial charge < -0.3 is 10.6 Å². The summed E-state index contributed by atoms with van der Waals surface area (Å²) >= 11 is 1.61. The number of anilines is 1. The molecular weight excluding hydrogens is 282 g/mol. The van der Waals surface area contributed by atoms with Crippen LogP contribution in [0.15, 0.2) is 29.6 Å². The van der Waals surface area contributed by atoms with Crippen molar-refractivity contribution in [2.24, 2.45) is 5.92 Å². The van der Waals surface area contributed by atoms with Crippen LogP contribution in [0.2, 0.25) is 0 Å². The predicted octanol–water partition coefficient (Wildman–Crippen LogP) is 4.28. The number of aromatic nitrogens is 1. The van der Waals surface area contributed by atoms with Gasteiger partial charge in [0.2, 0.25) is 0 Å². The number of carbonyl (C=O) groups is 1. The summed E-state index contributed by atoms with van der Waals surface area (Å²) in [5, 5.41) is 8.78. The summed E-state index contributed by atoms with van der Waals surface area (Å²) in [7, 11) is 0. The fraction of sp³-hybridized carbons (Fsp3) is 0.375. The maximum Gasteiger partial charge on any atom is 0.319 e. The van der Waals surface area contributed by atoms with E-state index < -0.39 is 0 Å². The minimum absolute atomic E-state index is 0.134. The Hall–Kier alpha value is -1.88. The van der Waals surface area contributed by atoms with E-state index in [1.165, 1.54) is 0 Å². The molecule has 0 bridgehead atoms. The Morgan fingerprint density at radius 1 is 1.29 bits per heavy atom. The third-order valence-corrected chi connectivity index (χ3v) is 4.35. The van der Waals surface area contributed by atoms with Crippen molar-refractivity contribution < 1.29 is 4.79 Å². The molecule has 4 nitrogen and oxygen atoms in total. The molecule has 2 aromatic rings. The number of urea groups is 1. The highest BCUT2D eigenvalue weighted by molar-refractivity contribution is 7.13. The van der Waals surface area contributed by atoms with E-state index in [9.17, 15) is 4.79 Å². The molecule has 2 N–H and O–H groups in total. The van der Waals surface area contributed by atoms with Crippen LogP contribution in [0, 0.1) is 12.8 Å². The Kier molecular flexibility index (Phi) is 4.96. The largest absolute Gasteiger partial charge is 0.335 e. The molecule has 0 aliphatic rings. The van der Waals surface area contributed by atoms with Crippen molar-refractivity contribution in [2.75, 3.05) is 5.32 Å². The first-order chi connectivity index (χ1) is 9.95. The van der Waals surface area contributed by atoms with Gasteiger partial charge in [-0.25, -0.2) is 9.78 Å². The van der Waals surface area contributed by atoms with Gasteiger partial charge in [-0.1, -0.05) is 26.0 Å². The van der Waals surface area contributed by atoms with E-state index >= 15 is 0 Å². The normalized spacial score (nSPS) is 12.2. The molecule has 1 aromatic carbocycles. The number of hydrogen-bond donors (Lipinski definition) is 2.